The van der Waals surface area contributed by atoms with E-state index in [1.54, 1.807) is 18.3 Å². The third-order valence-corrected chi connectivity index (χ3v) is 3.88. The number of likely N-dealkylation sites (N-methyl/N-ethyl adjacent to an activating group) is 1. The molecule has 1 heterocycles. The van der Waals surface area contributed by atoms with Crippen LogP contribution in [0.2, 0.25) is 0 Å². The van der Waals surface area contributed by atoms with Crippen LogP contribution in [0.3, 0.4) is 0 Å². The smallest absolute Gasteiger partial charge is 0.315 e. The molecule has 144 valence electrons. The lowest BCUT2D eigenvalue weighted by molar-refractivity contribution is 0.0951. The molecule has 2 rings (SSSR count). The van der Waals surface area contributed by atoms with E-state index in [9.17, 15) is 9.59 Å². The van der Waals surface area contributed by atoms with Crippen LogP contribution in [0.4, 0.5) is 4.79 Å². The van der Waals surface area contributed by atoms with E-state index in [-0.39, 0.29) is 11.9 Å². The minimum atomic E-state index is -0.244. The van der Waals surface area contributed by atoms with E-state index in [1.807, 2.05) is 49.3 Å². The van der Waals surface area contributed by atoms with Crippen molar-refractivity contribution in [2.24, 2.45) is 0 Å². The van der Waals surface area contributed by atoms with Gasteiger partial charge in [-0.15, -0.1) is 0 Å². The number of carbonyl (C=O) groups excluding carboxylic acids is 2. The van der Waals surface area contributed by atoms with Crippen molar-refractivity contribution in [3.63, 3.8) is 0 Å². The van der Waals surface area contributed by atoms with Crippen LogP contribution in [0.5, 0.6) is 0 Å². The molecule has 0 unspecified atom stereocenters. The molecule has 0 bridgehead atoms. The van der Waals surface area contributed by atoms with Crippen molar-refractivity contribution in [1.29, 1.82) is 0 Å². The minimum Gasteiger partial charge on any atom is -0.351 e. The lowest BCUT2D eigenvalue weighted by atomic mass is 10.1. The molecule has 1 aromatic heterocycles. The summed E-state index contributed by atoms with van der Waals surface area (Å²) in [5, 5.41) is 8.48. The summed E-state index contributed by atoms with van der Waals surface area (Å²) in [6.07, 6.45) is 2.41. The van der Waals surface area contributed by atoms with Crippen molar-refractivity contribution >= 4 is 11.9 Å². The van der Waals surface area contributed by atoms with Crippen molar-refractivity contribution in [3.05, 3.63) is 65.5 Å². The number of hydrogen-bond donors (Lipinski definition) is 3. The number of rotatable bonds is 9. The zero-order valence-corrected chi connectivity index (χ0v) is 15.9. The molecule has 7 heteroatoms. The maximum absolute atomic E-state index is 12.2. The number of amides is 3. The van der Waals surface area contributed by atoms with Crippen molar-refractivity contribution < 1.29 is 9.59 Å². The molecule has 0 radical (unpaired) electrons. The van der Waals surface area contributed by atoms with Crippen LogP contribution in [0.25, 0.3) is 0 Å². The molecule has 0 aliphatic heterocycles. The Morgan fingerprint density at radius 2 is 1.85 bits per heavy atom. The summed E-state index contributed by atoms with van der Waals surface area (Å²) in [7, 11) is 3.92. The van der Waals surface area contributed by atoms with Gasteiger partial charge in [0, 0.05) is 50.1 Å². The van der Waals surface area contributed by atoms with Crippen molar-refractivity contribution in [1.82, 2.24) is 25.8 Å². The Hall–Kier alpha value is -2.93. The maximum atomic E-state index is 12.2. The molecule has 3 amide bonds. The van der Waals surface area contributed by atoms with Crippen molar-refractivity contribution in [2.45, 2.75) is 13.0 Å². The second kappa shape index (κ2) is 10.9. The molecule has 2 aromatic rings. The maximum Gasteiger partial charge on any atom is 0.315 e. The van der Waals surface area contributed by atoms with E-state index in [2.05, 4.69) is 20.9 Å². The standard InChI is InChI=1S/C20H27N5O2/c1-25(2)13-12-22-19(26)17-7-5-6-16(14-17)15-24-20(27)23-11-9-18-8-3-4-10-21-18/h3-8,10,14H,9,11-13,15H2,1-2H3,(H,22,26)(H2,23,24,27). The van der Waals surface area contributed by atoms with Crippen molar-refractivity contribution in [2.75, 3.05) is 33.7 Å². The molecular formula is C20H27N5O2. The average molecular weight is 369 g/mol. The summed E-state index contributed by atoms with van der Waals surface area (Å²) in [5.74, 6) is -0.112. The van der Waals surface area contributed by atoms with Crippen LogP contribution in [0.15, 0.2) is 48.7 Å². The summed E-state index contributed by atoms with van der Waals surface area (Å²) in [6, 6.07) is 12.7. The Morgan fingerprint density at radius 3 is 2.59 bits per heavy atom. The second-order valence-corrected chi connectivity index (χ2v) is 6.44. The van der Waals surface area contributed by atoms with Crippen LogP contribution in [0.1, 0.15) is 21.6 Å². The second-order valence-electron chi connectivity index (χ2n) is 6.44. The lowest BCUT2D eigenvalue weighted by Gasteiger charge is -2.11. The van der Waals surface area contributed by atoms with Gasteiger partial charge in [0.05, 0.1) is 0 Å². The Bertz CT molecular complexity index is 734. The van der Waals surface area contributed by atoms with Crippen LogP contribution in [0, 0.1) is 0 Å². The van der Waals surface area contributed by atoms with Gasteiger partial charge in [0.1, 0.15) is 0 Å². The zero-order valence-electron chi connectivity index (χ0n) is 15.9. The lowest BCUT2D eigenvalue weighted by Crippen LogP contribution is -2.36. The highest BCUT2D eigenvalue weighted by Gasteiger charge is 2.07. The van der Waals surface area contributed by atoms with E-state index < -0.39 is 0 Å². The minimum absolute atomic E-state index is 0.112. The van der Waals surface area contributed by atoms with E-state index >= 15 is 0 Å². The van der Waals surface area contributed by atoms with Gasteiger partial charge in [-0.05, 0) is 43.9 Å². The molecule has 0 aliphatic carbocycles. The topological polar surface area (TPSA) is 86.4 Å². The first kappa shape index (κ1) is 20.4. The summed E-state index contributed by atoms with van der Waals surface area (Å²) >= 11 is 0. The third-order valence-electron chi connectivity index (χ3n) is 3.88. The third kappa shape index (κ3) is 7.87. The molecular weight excluding hydrogens is 342 g/mol. The Kier molecular flexibility index (Phi) is 8.25. The Morgan fingerprint density at radius 1 is 1.00 bits per heavy atom. The predicted molar refractivity (Wildman–Crippen MR) is 106 cm³/mol. The van der Waals surface area contributed by atoms with Gasteiger partial charge in [0.15, 0.2) is 0 Å². The average Bonchev–Trinajstić information content (AvgIpc) is 2.67. The number of urea groups is 1. The van der Waals surface area contributed by atoms with Gasteiger partial charge in [-0.1, -0.05) is 18.2 Å². The first-order valence-corrected chi connectivity index (χ1v) is 8.98. The number of benzene rings is 1. The first-order valence-electron chi connectivity index (χ1n) is 8.98. The molecule has 0 saturated heterocycles. The molecule has 0 spiro atoms. The summed E-state index contributed by atoms with van der Waals surface area (Å²) in [5.41, 5.74) is 2.39. The molecule has 0 fully saturated rings. The van der Waals surface area contributed by atoms with E-state index in [1.165, 1.54) is 0 Å². The fraction of sp³-hybridized carbons (Fsp3) is 0.350. The highest BCUT2D eigenvalue weighted by atomic mass is 16.2. The predicted octanol–water partition coefficient (Wildman–Crippen LogP) is 1.41. The molecule has 0 aliphatic rings. The summed E-state index contributed by atoms with van der Waals surface area (Å²) in [4.78, 5) is 30.3. The van der Waals surface area contributed by atoms with Crippen LogP contribution < -0.4 is 16.0 Å². The van der Waals surface area contributed by atoms with Gasteiger partial charge < -0.3 is 20.9 Å². The number of hydrogen-bond acceptors (Lipinski definition) is 4. The number of carbonyl (C=O) groups is 2. The van der Waals surface area contributed by atoms with Gasteiger partial charge in [0.25, 0.3) is 5.91 Å². The molecule has 7 nitrogen and oxygen atoms in total. The normalized spacial score (nSPS) is 10.5. The highest BCUT2D eigenvalue weighted by Crippen LogP contribution is 2.05. The number of pyridine rings is 1. The summed E-state index contributed by atoms with van der Waals surface area (Å²) in [6.45, 7) is 2.24. The molecule has 27 heavy (non-hydrogen) atoms. The van der Waals surface area contributed by atoms with Gasteiger partial charge in [-0.25, -0.2) is 4.79 Å². The summed E-state index contributed by atoms with van der Waals surface area (Å²) < 4.78 is 0. The SMILES string of the molecule is CN(C)CCNC(=O)c1cccc(CNC(=O)NCCc2ccccn2)c1. The van der Waals surface area contributed by atoms with E-state index in [0.29, 0.717) is 31.6 Å². The quantitative estimate of drug-likeness (QED) is 0.624. The Balaban J connectivity index is 1.73. The van der Waals surface area contributed by atoms with E-state index in [4.69, 9.17) is 0 Å². The Labute approximate surface area is 160 Å². The molecule has 1 aromatic carbocycles. The fourth-order valence-corrected chi connectivity index (χ4v) is 2.41. The highest BCUT2D eigenvalue weighted by molar-refractivity contribution is 5.94. The van der Waals surface area contributed by atoms with Gasteiger partial charge in [0.2, 0.25) is 0 Å². The zero-order chi connectivity index (χ0) is 19.5. The number of nitrogens with zero attached hydrogens (tertiary/aromatic N) is 2. The van der Waals surface area contributed by atoms with E-state index in [0.717, 1.165) is 17.8 Å². The number of aromatic nitrogens is 1. The van der Waals surface area contributed by atoms with Gasteiger partial charge in [-0.3, -0.25) is 9.78 Å². The van der Waals surface area contributed by atoms with Gasteiger partial charge in [-0.2, -0.15) is 0 Å². The monoisotopic (exact) mass is 369 g/mol. The molecule has 0 saturated carbocycles. The van der Waals surface area contributed by atoms with Crippen LogP contribution in [-0.4, -0.2) is 55.6 Å². The van der Waals surface area contributed by atoms with Crippen LogP contribution in [-0.2, 0) is 13.0 Å². The largest absolute Gasteiger partial charge is 0.351 e. The molecule has 3 N–H and O–H groups in total. The first-order chi connectivity index (χ1) is 13.0. The van der Waals surface area contributed by atoms with Crippen molar-refractivity contribution in [3.8, 4) is 0 Å². The number of nitrogens with one attached hydrogen (secondary N) is 3. The van der Waals surface area contributed by atoms with Crippen LogP contribution >= 0.6 is 0 Å². The fourth-order valence-electron chi connectivity index (χ4n) is 2.41. The molecule has 0 atom stereocenters. The van der Waals surface area contributed by atoms with Gasteiger partial charge >= 0.3 is 6.03 Å².